The van der Waals surface area contributed by atoms with Gasteiger partial charge in [0.1, 0.15) is 5.82 Å². The van der Waals surface area contributed by atoms with Crippen molar-refractivity contribution in [2.45, 2.75) is 25.8 Å². The van der Waals surface area contributed by atoms with Crippen LogP contribution in [-0.4, -0.2) is 35.7 Å². The molecule has 3 amide bonds. The molecule has 2 N–H and O–H groups in total. The Bertz CT molecular complexity index is 1140. The van der Waals surface area contributed by atoms with E-state index in [2.05, 4.69) is 10.6 Å². The second-order valence-corrected chi connectivity index (χ2v) is 8.36. The number of piperidine rings is 1. The number of amides is 3. The fourth-order valence-electron chi connectivity index (χ4n) is 3.98. The maximum absolute atomic E-state index is 13.0. The van der Waals surface area contributed by atoms with Crippen LogP contribution in [-0.2, 0) is 4.79 Å². The summed E-state index contributed by atoms with van der Waals surface area (Å²) in [6.45, 7) is 2.92. The Labute approximate surface area is 196 Å². The molecule has 0 saturated carbocycles. The Morgan fingerprint density at radius 3 is 2.29 bits per heavy atom. The summed E-state index contributed by atoms with van der Waals surface area (Å²) in [6.07, 6.45) is 2.67. The molecule has 8 heteroatoms. The number of anilines is 1. The SMILES string of the molecule is CC(NC(=O)C1CCN(C(=O)c2ccco2)CC1)c1ccc(NC(=O)c2ccc(F)cc2)cc1. The van der Waals surface area contributed by atoms with Gasteiger partial charge in [-0.05, 0) is 73.9 Å². The van der Waals surface area contributed by atoms with Crippen LogP contribution < -0.4 is 10.6 Å². The van der Waals surface area contributed by atoms with Crippen LogP contribution in [0.4, 0.5) is 10.1 Å². The summed E-state index contributed by atoms with van der Waals surface area (Å²) in [5.41, 5.74) is 1.87. The number of carbonyl (C=O) groups is 3. The van der Waals surface area contributed by atoms with Crippen LogP contribution in [0.1, 0.15) is 52.3 Å². The molecule has 4 rings (SSSR count). The first kappa shape index (κ1) is 23.2. The van der Waals surface area contributed by atoms with Gasteiger partial charge in [0.05, 0.1) is 12.3 Å². The van der Waals surface area contributed by atoms with Gasteiger partial charge in [0.15, 0.2) is 5.76 Å². The number of nitrogens with zero attached hydrogens (tertiary/aromatic N) is 1. The Morgan fingerprint density at radius 1 is 1.00 bits per heavy atom. The van der Waals surface area contributed by atoms with Crippen molar-refractivity contribution in [3.8, 4) is 0 Å². The zero-order chi connectivity index (χ0) is 24.1. The average molecular weight is 464 g/mol. The molecule has 3 aromatic rings. The molecule has 1 saturated heterocycles. The quantitative estimate of drug-likeness (QED) is 0.567. The van der Waals surface area contributed by atoms with Crippen molar-refractivity contribution in [2.24, 2.45) is 5.92 Å². The Hall–Kier alpha value is -3.94. The van der Waals surface area contributed by atoms with Gasteiger partial charge < -0.3 is 20.0 Å². The number of benzene rings is 2. The molecule has 7 nitrogen and oxygen atoms in total. The summed E-state index contributed by atoms with van der Waals surface area (Å²) in [7, 11) is 0. The number of halogens is 1. The molecule has 1 aromatic heterocycles. The molecule has 0 aliphatic carbocycles. The average Bonchev–Trinajstić information content (AvgIpc) is 3.39. The number of hydrogen-bond donors (Lipinski definition) is 2. The lowest BCUT2D eigenvalue weighted by molar-refractivity contribution is -0.127. The molecule has 176 valence electrons. The third-order valence-corrected chi connectivity index (χ3v) is 6.02. The van der Waals surface area contributed by atoms with Crippen molar-refractivity contribution in [2.75, 3.05) is 18.4 Å². The second kappa shape index (κ2) is 10.3. The molecule has 0 spiro atoms. The van der Waals surface area contributed by atoms with Gasteiger partial charge in [-0.2, -0.15) is 0 Å². The zero-order valence-corrected chi connectivity index (χ0v) is 18.8. The summed E-state index contributed by atoms with van der Waals surface area (Å²) < 4.78 is 18.2. The predicted octanol–water partition coefficient (Wildman–Crippen LogP) is 4.40. The monoisotopic (exact) mass is 463 g/mol. The highest BCUT2D eigenvalue weighted by Crippen LogP contribution is 2.22. The lowest BCUT2D eigenvalue weighted by Gasteiger charge is -2.31. The lowest BCUT2D eigenvalue weighted by Crippen LogP contribution is -2.43. The van der Waals surface area contributed by atoms with Crippen molar-refractivity contribution >= 4 is 23.4 Å². The Balaban J connectivity index is 1.26. The number of likely N-dealkylation sites (tertiary alicyclic amines) is 1. The first-order chi connectivity index (χ1) is 16.4. The van der Waals surface area contributed by atoms with Gasteiger partial charge in [-0.1, -0.05) is 12.1 Å². The highest BCUT2D eigenvalue weighted by atomic mass is 19.1. The third kappa shape index (κ3) is 5.51. The zero-order valence-electron chi connectivity index (χ0n) is 18.8. The number of carbonyl (C=O) groups excluding carboxylic acids is 3. The van der Waals surface area contributed by atoms with E-state index >= 15 is 0 Å². The highest BCUT2D eigenvalue weighted by molar-refractivity contribution is 6.04. The Kier molecular flexibility index (Phi) is 7.06. The summed E-state index contributed by atoms with van der Waals surface area (Å²) in [5, 5.41) is 5.82. The molecule has 1 aliphatic rings. The summed E-state index contributed by atoms with van der Waals surface area (Å²) in [6, 6.07) is 15.6. The molecule has 0 radical (unpaired) electrons. The summed E-state index contributed by atoms with van der Waals surface area (Å²) in [5.74, 6) is -0.753. The maximum Gasteiger partial charge on any atom is 0.289 e. The molecule has 1 aliphatic heterocycles. The Morgan fingerprint density at radius 2 is 1.68 bits per heavy atom. The minimum Gasteiger partial charge on any atom is -0.459 e. The first-order valence-electron chi connectivity index (χ1n) is 11.2. The van der Waals surface area contributed by atoms with Crippen LogP contribution in [0.3, 0.4) is 0 Å². The predicted molar refractivity (Wildman–Crippen MR) is 125 cm³/mol. The fraction of sp³-hybridized carbons (Fsp3) is 0.269. The van der Waals surface area contributed by atoms with Crippen LogP contribution in [0.5, 0.6) is 0 Å². The second-order valence-electron chi connectivity index (χ2n) is 8.36. The molecule has 2 heterocycles. The third-order valence-electron chi connectivity index (χ3n) is 6.02. The first-order valence-corrected chi connectivity index (χ1v) is 11.2. The van der Waals surface area contributed by atoms with Crippen LogP contribution in [0.15, 0.2) is 71.3 Å². The highest BCUT2D eigenvalue weighted by Gasteiger charge is 2.29. The van der Waals surface area contributed by atoms with Crippen molar-refractivity contribution < 1.29 is 23.2 Å². The largest absolute Gasteiger partial charge is 0.459 e. The van der Waals surface area contributed by atoms with Crippen molar-refractivity contribution in [1.29, 1.82) is 0 Å². The standard InChI is InChI=1S/C26H26FN3O4/c1-17(18-6-10-22(11-7-18)29-25(32)19-4-8-21(27)9-5-19)28-24(31)20-12-14-30(15-13-20)26(33)23-3-2-16-34-23/h2-11,16-17,20H,12-15H2,1H3,(H,28,31)(H,29,32). The number of rotatable bonds is 6. The molecule has 0 bridgehead atoms. The van der Waals surface area contributed by atoms with Crippen LogP contribution >= 0.6 is 0 Å². The van der Waals surface area contributed by atoms with E-state index < -0.39 is 5.82 Å². The molecular weight excluding hydrogens is 437 g/mol. The van der Waals surface area contributed by atoms with E-state index in [1.54, 1.807) is 29.2 Å². The van der Waals surface area contributed by atoms with E-state index in [-0.39, 0.29) is 29.7 Å². The number of hydrogen-bond acceptors (Lipinski definition) is 4. The van der Waals surface area contributed by atoms with Gasteiger partial charge >= 0.3 is 0 Å². The maximum atomic E-state index is 13.0. The van der Waals surface area contributed by atoms with Crippen molar-refractivity contribution in [1.82, 2.24) is 10.2 Å². The van der Waals surface area contributed by atoms with E-state index in [0.29, 0.717) is 42.9 Å². The topological polar surface area (TPSA) is 91.7 Å². The molecule has 1 atom stereocenters. The van der Waals surface area contributed by atoms with Gasteiger partial charge in [-0.3, -0.25) is 14.4 Å². The van der Waals surface area contributed by atoms with E-state index in [0.717, 1.165) is 5.56 Å². The minimum absolute atomic E-state index is 0.0358. The summed E-state index contributed by atoms with van der Waals surface area (Å²) in [4.78, 5) is 39.1. The van der Waals surface area contributed by atoms with Gasteiger partial charge in [-0.15, -0.1) is 0 Å². The normalized spacial score (nSPS) is 14.9. The van der Waals surface area contributed by atoms with Crippen LogP contribution in [0.2, 0.25) is 0 Å². The smallest absolute Gasteiger partial charge is 0.289 e. The molecular formula is C26H26FN3O4. The van der Waals surface area contributed by atoms with Crippen molar-refractivity contribution in [3.05, 3.63) is 89.6 Å². The number of nitrogens with one attached hydrogen (secondary N) is 2. The van der Waals surface area contributed by atoms with Gasteiger partial charge in [0, 0.05) is 30.3 Å². The van der Waals surface area contributed by atoms with Crippen LogP contribution in [0, 0.1) is 11.7 Å². The lowest BCUT2D eigenvalue weighted by atomic mass is 9.95. The van der Waals surface area contributed by atoms with E-state index in [4.69, 9.17) is 4.42 Å². The van der Waals surface area contributed by atoms with E-state index in [1.165, 1.54) is 30.5 Å². The minimum atomic E-state index is -0.398. The van der Waals surface area contributed by atoms with E-state index in [1.807, 2.05) is 19.1 Å². The van der Waals surface area contributed by atoms with Gasteiger partial charge in [-0.25, -0.2) is 4.39 Å². The molecule has 1 fully saturated rings. The van der Waals surface area contributed by atoms with Crippen LogP contribution in [0.25, 0.3) is 0 Å². The fourth-order valence-corrected chi connectivity index (χ4v) is 3.98. The van der Waals surface area contributed by atoms with Gasteiger partial charge in [0.2, 0.25) is 5.91 Å². The van der Waals surface area contributed by atoms with Crippen molar-refractivity contribution in [3.63, 3.8) is 0 Å². The summed E-state index contributed by atoms with van der Waals surface area (Å²) >= 11 is 0. The van der Waals surface area contributed by atoms with Gasteiger partial charge in [0.25, 0.3) is 11.8 Å². The molecule has 34 heavy (non-hydrogen) atoms. The molecule has 1 unspecified atom stereocenters. The van der Waals surface area contributed by atoms with E-state index in [9.17, 15) is 18.8 Å². The molecule has 2 aromatic carbocycles. The number of furan rings is 1.